The Bertz CT molecular complexity index is 705. The van der Waals surface area contributed by atoms with E-state index in [4.69, 9.17) is 9.47 Å². The van der Waals surface area contributed by atoms with E-state index in [9.17, 15) is 4.79 Å². The predicted octanol–water partition coefficient (Wildman–Crippen LogP) is 2.57. The lowest BCUT2D eigenvalue weighted by Crippen LogP contribution is -2.49. The van der Waals surface area contributed by atoms with Gasteiger partial charge in [-0.1, -0.05) is 25.0 Å². The third-order valence-corrected chi connectivity index (χ3v) is 4.54. The molecule has 1 N–H and O–H groups in total. The molecule has 1 aliphatic carbocycles. The van der Waals surface area contributed by atoms with Crippen molar-refractivity contribution >= 4 is 5.91 Å². The molecular weight excluding hydrogens is 306 g/mol. The monoisotopic (exact) mass is 329 g/mol. The average molecular weight is 329 g/mol. The van der Waals surface area contributed by atoms with Crippen LogP contribution in [0.1, 0.15) is 36.0 Å². The standard InChI is InChI=1S/C18H23N3O3/c1-23-13-18(9-5-6-10-18)20-17(22)14-11-19-21(12-14)15-7-3-4-8-16(15)24-2/h3-4,7-8,11-12H,5-6,9-10,13H2,1-2H3,(H,20,22). The molecule has 2 aromatic rings. The van der Waals surface area contributed by atoms with Crippen molar-refractivity contribution in [3.8, 4) is 11.4 Å². The first-order chi connectivity index (χ1) is 11.7. The molecular formula is C18H23N3O3. The summed E-state index contributed by atoms with van der Waals surface area (Å²) >= 11 is 0. The molecule has 1 aromatic heterocycles. The van der Waals surface area contributed by atoms with Gasteiger partial charge in [-0.25, -0.2) is 4.68 Å². The molecule has 1 amide bonds. The third-order valence-electron chi connectivity index (χ3n) is 4.54. The van der Waals surface area contributed by atoms with Crippen molar-refractivity contribution in [2.45, 2.75) is 31.2 Å². The van der Waals surface area contributed by atoms with Crippen LogP contribution >= 0.6 is 0 Å². The van der Waals surface area contributed by atoms with Crippen LogP contribution < -0.4 is 10.1 Å². The van der Waals surface area contributed by atoms with E-state index in [1.807, 2.05) is 24.3 Å². The van der Waals surface area contributed by atoms with Crippen molar-refractivity contribution in [2.75, 3.05) is 20.8 Å². The van der Waals surface area contributed by atoms with Gasteiger partial charge in [0, 0.05) is 13.3 Å². The highest BCUT2D eigenvalue weighted by Crippen LogP contribution is 2.30. The van der Waals surface area contributed by atoms with Crippen LogP contribution in [-0.4, -0.2) is 42.1 Å². The molecule has 1 heterocycles. The molecule has 0 unspecified atom stereocenters. The number of nitrogens with one attached hydrogen (secondary N) is 1. The summed E-state index contributed by atoms with van der Waals surface area (Å²) in [6.45, 7) is 0.541. The molecule has 0 saturated heterocycles. The van der Waals surface area contributed by atoms with E-state index in [0.29, 0.717) is 17.9 Å². The molecule has 1 aliphatic rings. The number of hydrogen-bond donors (Lipinski definition) is 1. The zero-order valence-electron chi connectivity index (χ0n) is 14.1. The number of carbonyl (C=O) groups excluding carboxylic acids is 1. The lowest BCUT2D eigenvalue weighted by molar-refractivity contribution is 0.0767. The van der Waals surface area contributed by atoms with E-state index in [1.165, 1.54) is 0 Å². The Hall–Kier alpha value is -2.34. The smallest absolute Gasteiger partial charge is 0.254 e. The first-order valence-corrected chi connectivity index (χ1v) is 8.17. The maximum Gasteiger partial charge on any atom is 0.254 e. The van der Waals surface area contributed by atoms with E-state index in [1.54, 1.807) is 31.3 Å². The molecule has 128 valence electrons. The van der Waals surface area contributed by atoms with Gasteiger partial charge in [0.15, 0.2) is 0 Å². The van der Waals surface area contributed by atoms with Crippen molar-refractivity contribution in [1.29, 1.82) is 0 Å². The molecule has 0 radical (unpaired) electrons. The van der Waals surface area contributed by atoms with Crippen LogP contribution in [0.4, 0.5) is 0 Å². The molecule has 0 aliphatic heterocycles. The van der Waals surface area contributed by atoms with Crippen molar-refractivity contribution in [3.63, 3.8) is 0 Å². The predicted molar refractivity (Wildman–Crippen MR) is 90.7 cm³/mol. The summed E-state index contributed by atoms with van der Waals surface area (Å²) in [5.41, 5.74) is 1.08. The van der Waals surface area contributed by atoms with Gasteiger partial charge in [0.05, 0.1) is 31.0 Å². The number of ether oxygens (including phenoxy) is 2. The van der Waals surface area contributed by atoms with Crippen LogP contribution in [0, 0.1) is 0 Å². The molecule has 1 aromatic carbocycles. The number of rotatable bonds is 6. The Balaban J connectivity index is 1.79. The van der Waals surface area contributed by atoms with Crippen molar-refractivity contribution in [1.82, 2.24) is 15.1 Å². The van der Waals surface area contributed by atoms with Crippen LogP contribution in [0.5, 0.6) is 5.75 Å². The highest BCUT2D eigenvalue weighted by molar-refractivity contribution is 5.94. The number of amides is 1. The molecule has 0 bridgehead atoms. The van der Waals surface area contributed by atoms with Gasteiger partial charge < -0.3 is 14.8 Å². The normalized spacial score (nSPS) is 16.1. The zero-order valence-corrected chi connectivity index (χ0v) is 14.1. The van der Waals surface area contributed by atoms with Crippen LogP contribution in [0.25, 0.3) is 5.69 Å². The summed E-state index contributed by atoms with van der Waals surface area (Å²) in [6.07, 6.45) is 7.44. The quantitative estimate of drug-likeness (QED) is 0.884. The fourth-order valence-electron chi connectivity index (χ4n) is 3.34. The molecule has 0 spiro atoms. The van der Waals surface area contributed by atoms with Gasteiger partial charge in [-0.15, -0.1) is 0 Å². The molecule has 6 heteroatoms. The van der Waals surface area contributed by atoms with Gasteiger partial charge in [-0.3, -0.25) is 4.79 Å². The van der Waals surface area contributed by atoms with Gasteiger partial charge in [0.25, 0.3) is 5.91 Å². The van der Waals surface area contributed by atoms with E-state index < -0.39 is 0 Å². The maximum absolute atomic E-state index is 12.6. The lowest BCUT2D eigenvalue weighted by Gasteiger charge is -2.29. The summed E-state index contributed by atoms with van der Waals surface area (Å²) < 4.78 is 12.3. The van der Waals surface area contributed by atoms with E-state index >= 15 is 0 Å². The van der Waals surface area contributed by atoms with E-state index in [-0.39, 0.29) is 11.4 Å². The summed E-state index contributed by atoms with van der Waals surface area (Å²) in [4.78, 5) is 12.6. The topological polar surface area (TPSA) is 65.4 Å². The molecule has 24 heavy (non-hydrogen) atoms. The second-order valence-electron chi connectivity index (χ2n) is 6.22. The van der Waals surface area contributed by atoms with Gasteiger partial charge >= 0.3 is 0 Å². The van der Waals surface area contributed by atoms with Crippen LogP contribution in [0.15, 0.2) is 36.7 Å². The Morgan fingerprint density at radius 3 is 2.75 bits per heavy atom. The molecule has 1 saturated carbocycles. The largest absolute Gasteiger partial charge is 0.494 e. The summed E-state index contributed by atoms with van der Waals surface area (Å²) in [7, 11) is 3.29. The molecule has 6 nitrogen and oxygen atoms in total. The number of nitrogens with zero attached hydrogens (tertiary/aromatic N) is 2. The Morgan fingerprint density at radius 1 is 1.29 bits per heavy atom. The highest BCUT2D eigenvalue weighted by atomic mass is 16.5. The minimum Gasteiger partial charge on any atom is -0.494 e. The van der Waals surface area contributed by atoms with Crippen molar-refractivity contribution in [3.05, 3.63) is 42.2 Å². The number of para-hydroxylation sites is 2. The van der Waals surface area contributed by atoms with Crippen molar-refractivity contribution < 1.29 is 14.3 Å². The second kappa shape index (κ2) is 7.05. The molecule has 0 atom stereocenters. The Morgan fingerprint density at radius 2 is 2.04 bits per heavy atom. The summed E-state index contributed by atoms with van der Waals surface area (Å²) in [6, 6.07) is 7.57. The minimum atomic E-state index is -0.252. The van der Waals surface area contributed by atoms with Crippen LogP contribution in [0.3, 0.4) is 0 Å². The van der Waals surface area contributed by atoms with E-state index in [2.05, 4.69) is 10.4 Å². The zero-order chi connectivity index (χ0) is 17.0. The van der Waals surface area contributed by atoms with Gasteiger partial charge in [0.2, 0.25) is 0 Å². The van der Waals surface area contributed by atoms with E-state index in [0.717, 1.165) is 31.4 Å². The van der Waals surface area contributed by atoms with Crippen LogP contribution in [-0.2, 0) is 4.74 Å². The lowest BCUT2D eigenvalue weighted by atomic mass is 9.98. The fraction of sp³-hybridized carbons (Fsp3) is 0.444. The van der Waals surface area contributed by atoms with Gasteiger partial charge in [0.1, 0.15) is 11.4 Å². The first kappa shape index (κ1) is 16.5. The number of aromatic nitrogens is 2. The first-order valence-electron chi connectivity index (χ1n) is 8.17. The summed E-state index contributed by atoms with van der Waals surface area (Å²) in [5, 5.41) is 7.46. The Labute approximate surface area is 141 Å². The molecule has 3 rings (SSSR count). The highest BCUT2D eigenvalue weighted by Gasteiger charge is 2.35. The number of carbonyl (C=O) groups is 1. The van der Waals surface area contributed by atoms with Crippen molar-refractivity contribution in [2.24, 2.45) is 0 Å². The maximum atomic E-state index is 12.6. The van der Waals surface area contributed by atoms with Gasteiger partial charge in [-0.05, 0) is 25.0 Å². The number of benzene rings is 1. The Kier molecular flexibility index (Phi) is 4.85. The average Bonchev–Trinajstić information content (AvgIpc) is 3.25. The third kappa shape index (κ3) is 3.28. The van der Waals surface area contributed by atoms with Gasteiger partial charge in [-0.2, -0.15) is 5.10 Å². The fourth-order valence-corrected chi connectivity index (χ4v) is 3.34. The number of hydrogen-bond acceptors (Lipinski definition) is 4. The van der Waals surface area contributed by atoms with Crippen LogP contribution in [0.2, 0.25) is 0 Å². The SMILES string of the molecule is COCC1(NC(=O)c2cnn(-c3ccccc3OC)c2)CCCC1. The summed E-state index contributed by atoms with van der Waals surface area (Å²) in [5.74, 6) is 0.592. The second-order valence-corrected chi connectivity index (χ2v) is 6.22. The number of methoxy groups -OCH3 is 2. The molecule has 1 fully saturated rings. The minimum absolute atomic E-state index is 0.116.